The van der Waals surface area contributed by atoms with Gasteiger partial charge in [-0.15, -0.1) is 0 Å². The first-order chi connectivity index (χ1) is 18.3. The van der Waals surface area contributed by atoms with Crippen LogP contribution in [-0.2, 0) is 27.8 Å². The maximum absolute atomic E-state index is 13.9. The first-order valence-corrected chi connectivity index (χ1v) is 14.7. The molecule has 0 aliphatic carbocycles. The number of rotatable bonds is 7. The number of nitrogens with zero attached hydrogens (tertiary/aromatic N) is 3. The van der Waals surface area contributed by atoms with Crippen LogP contribution in [0, 0.1) is 17.6 Å². The van der Waals surface area contributed by atoms with E-state index >= 15 is 0 Å². The molecule has 5 rings (SSSR count). The molecule has 3 aromatic carbocycles. The van der Waals surface area contributed by atoms with Gasteiger partial charge in [-0.3, -0.25) is 9.69 Å². The molecule has 10 heteroatoms. The molecular weight excluding hydrogens is 528 g/mol. The molecule has 1 fully saturated rings. The number of aromatic nitrogens is 1. The average Bonchev–Trinajstić information content (AvgIpc) is 3.37. The number of hydrogen-bond acceptors (Lipinski definition) is 5. The number of thiazole rings is 1. The van der Waals surface area contributed by atoms with Crippen molar-refractivity contribution in [3.63, 3.8) is 0 Å². The van der Waals surface area contributed by atoms with Crippen LogP contribution in [0.3, 0.4) is 0 Å². The summed E-state index contributed by atoms with van der Waals surface area (Å²) in [6.45, 7) is 2.64. The summed E-state index contributed by atoms with van der Waals surface area (Å²) >= 11 is 1.47. The summed E-state index contributed by atoms with van der Waals surface area (Å²) in [5.41, 5.74) is 2.98. The Hall–Kier alpha value is -3.21. The number of benzene rings is 3. The van der Waals surface area contributed by atoms with Crippen LogP contribution in [-0.4, -0.2) is 36.7 Å². The lowest BCUT2D eigenvalue weighted by atomic mass is 9.96. The van der Waals surface area contributed by atoms with Crippen LogP contribution in [0.2, 0.25) is 0 Å². The number of carbonyl (C=O) groups is 1. The predicted octanol–water partition coefficient (Wildman–Crippen LogP) is 5.77. The molecule has 1 amide bonds. The van der Waals surface area contributed by atoms with Gasteiger partial charge >= 0.3 is 0 Å². The van der Waals surface area contributed by atoms with Crippen molar-refractivity contribution in [2.45, 2.75) is 37.6 Å². The molecular formula is C28H27F2N3O3S2. The number of hydrogen-bond donors (Lipinski definition) is 0. The number of aryl methyl sites for hydroxylation is 1. The number of sulfonamides is 1. The molecule has 1 saturated heterocycles. The minimum Gasteiger partial charge on any atom is -0.283 e. The number of anilines is 1. The maximum Gasteiger partial charge on any atom is 0.243 e. The summed E-state index contributed by atoms with van der Waals surface area (Å²) in [5.74, 6) is -2.81. The first kappa shape index (κ1) is 26.4. The fourth-order valence-corrected chi connectivity index (χ4v) is 7.25. The van der Waals surface area contributed by atoms with Gasteiger partial charge in [0.25, 0.3) is 0 Å². The second-order valence-electron chi connectivity index (χ2n) is 9.28. The van der Waals surface area contributed by atoms with Crippen LogP contribution < -0.4 is 4.90 Å². The molecule has 38 heavy (non-hydrogen) atoms. The Bertz CT molecular complexity index is 1570. The molecule has 0 unspecified atom stereocenters. The molecule has 0 N–H and O–H groups in total. The van der Waals surface area contributed by atoms with Crippen molar-refractivity contribution in [1.29, 1.82) is 0 Å². The molecule has 2 heterocycles. The van der Waals surface area contributed by atoms with E-state index in [0.717, 1.165) is 39.9 Å². The average molecular weight is 556 g/mol. The maximum atomic E-state index is 13.9. The van der Waals surface area contributed by atoms with E-state index in [1.807, 2.05) is 48.5 Å². The molecule has 1 aromatic heterocycles. The number of para-hydroxylation sites is 1. The molecule has 198 valence electrons. The highest BCUT2D eigenvalue weighted by Crippen LogP contribution is 2.34. The van der Waals surface area contributed by atoms with Gasteiger partial charge in [0, 0.05) is 19.0 Å². The number of piperidine rings is 1. The lowest BCUT2D eigenvalue weighted by Crippen LogP contribution is -2.44. The van der Waals surface area contributed by atoms with Gasteiger partial charge in [0.2, 0.25) is 15.9 Å². The summed E-state index contributed by atoms with van der Waals surface area (Å²) in [6, 6.07) is 18.3. The second-order valence-corrected chi connectivity index (χ2v) is 12.2. The van der Waals surface area contributed by atoms with E-state index in [-0.39, 0.29) is 23.9 Å². The Morgan fingerprint density at radius 1 is 1.03 bits per heavy atom. The van der Waals surface area contributed by atoms with Crippen molar-refractivity contribution in [2.75, 3.05) is 18.0 Å². The molecule has 0 bridgehead atoms. The van der Waals surface area contributed by atoms with Crippen molar-refractivity contribution in [2.24, 2.45) is 5.92 Å². The predicted molar refractivity (Wildman–Crippen MR) is 144 cm³/mol. The smallest absolute Gasteiger partial charge is 0.243 e. The van der Waals surface area contributed by atoms with Gasteiger partial charge in [-0.1, -0.05) is 60.7 Å². The zero-order valence-electron chi connectivity index (χ0n) is 20.8. The topological polar surface area (TPSA) is 70.6 Å². The SMILES string of the molecule is CCc1cccc2sc(N(Cc3ccccc3)C(=O)C3CCN(S(=O)(=O)c4ccc(F)c(F)c4)CC3)nc12. The normalized spacial score (nSPS) is 15.1. The highest BCUT2D eigenvalue weighted by atomic mass is 32.2. The number of carbonyl (C=O) groups excluding carboxylic acids is 1. The van der Waals surface area contributed by atoms with Crippen LogP contribution in [0.4, 0.5) is 13.9 Å². The van der Waals surface area contributed by atoms with Gasteiger partial charge in [-0.2, -0.15) is 4.31 Å². The van der Waals surface area contributed by atoms with Gasteiger partial charge in [0.05, 0.1) is 21.7 Å². The fraction of sp³-hybridized carbons (Fsp3) is 0.286. The third kappa shape index (κ3) is 5.21. The van der Waals surface area contributed by atoms with E-state index in [1.54, 1.807) is 4.90 Å². The quantitative estimate of drug-likeness (QED) is 0.290. The van der Waals surface area contributed by atoms with Gasteiger partial charge in [0.1, 0.15) is 0 Å². The van der Waals surface area contributed by atoms with E-state index in [1.165, 1.54) is 15.6 Å². The fourth-order valence-electron chi connectivity index (χ4n) is 4.75. The summed E-state index contributed by atoms with van der Waals surface area (Å²) in [7, 11) is -4.00. The molecule has 0 radical (unpaired) electrons. The van der Waals surface area contributed by atoms with Gasteiger partial charge in [-0.05, 0) is 54.7 Å². The lowest BCUT2D eigenvalue weighted by Gasteiger charge is -2.33. The Balaban J connectivity index is 1.38. The highest BCUT2D eigenvalue weighted by Gasteiger charge is 2.35. The van der Waals surface area contributed by atoms with E-state index in [4.69, 9.17) is 4.98 Å². The Morgan fingerprint density at radius 3 is 2.45 bits per heavy atom. The van der Waals surface area contributed by atoms with E-state index in [0.29, 0.717) is 30.6 Å². The largest absolute Gasteiger partial charge is 0.283 e. The molecule has 0 spiro atoms. The molecule has 1 aliphatic rings. The Labute approximate surface area is 224 Å². The monoisotopic (exact) mass is 555 g/mol. The third-order valence-corrected chi connectivity index (χ3v) is 9.82. The van der Waals surface area contributed by atoms with Crippen LogP contribution in [0.15, 0.2) is 71.6 Å². The highest BCUT2D eigenvalue weighted by molar-refractivity contribution is 7.89. The van der Waals surface area contributed by atoms with Crippen molar-refractivity contribution < 1.29 is 22.0 Å². The Morgan fingerprint density at radius 2 is 1.76 bits per heavy atom. The minimum atomic E-state index is -4.00. The first-order valence-electron chi connectivity index (χ1n) is 12.5. The zero-order valence-corrected chi connectivity index (χ0v) is 22.4. The third-order valence-electron chi connectivity index (χ3n) is 6.88. The van der Waals surface area contributed by atoms with Crippen LogP contribution in [0.1, 0.15) is 30.9 Å². The lowest BCUT2D eigenvalue weighted by molar-refractivity contribution is -0.123. The van der Waals surface area contributed by atoms with Crippen molar-refractivity contribution >= 4 is 42.6 Å². The summed E-state index contributed by atoms with van der Waals surface area (Å²) < 4.78 is 55.3. The van der Waals surface area contributed by atoms with Crippen LogP contribution >= 0.6 is 11.3 Å². The van der Waals surface area contributed by atoms with Crippen LogP contribution in [0.25, 0.3) is 10.2 Å². The van der Waals surface area contributed by atoms with Crippen molar-refractivity contribution in [3.8, 4) is 0 Å². The van der Waals surface area contributed by atoms with Gasteiger partial charge in [-0.25, -0.2) is 22.2 Å². The van der Waals surface area contributed by atoms with Gasteiger partial charge < -0.3 is 0 Å². The number of fused-ring (bicyclic) bond motifs is 1. The van der Waals surface area contributed by atoms with E-state index in [9.17, 15) is 22.0 Å². The summed E-state index contributed by atoms with van der Waals surface area (Å²) in [6.07, 6.45) is 1.47. The van der Waals surface area contributed by atoms with Crippen molar-refractivity contribution in [3.05, 3.63) is 89.5 Å². The van der Waals surface area contributed by atoms with Crippen molar-refractivity contribution in [1.82, 2.24) is 9.29 Å². The number of amides is 1. The van der Waals surface area contributed by atoms with E-state index < -0.39 is 27.6 Å². The Kier molecular flexibility index (Phi) is 7.56. The molecule has 4 aromatic rings. The molecule has 6 nitrogen and oxygen atoms in total. The summed E-state index contributed by atoms with van der Waals surface area (Å²) in [4.78, 5) is 20.1. The second kappa shape index (κ2) is 10.9. The summed E-state index contributed by atoms with van der Waals surface area (Å²) in [5, 5.41) is 0.617. The minimum absolute atomic E-state index is 0.101. The molecule has 0 atom stereocenters. The standard InChI is InChI=1S/C28H27F2N3O3S2/c1-2-20-9-6-10-25-26(20)31-28(37-25)33(18-19-7-4-3-5-8-19)27(34)21-13-15-32(16-14-21)38(35,36)22-11-12-23(29)24(30)17-22/h3-12,17,21H,2,13-16,18H2,1H3. The molecule has 1 aliphatic heterocycles. The zero-order chi connectivity index (χ0) is 26.9. The van der Waals surface area contributed by atoms with Gasteiger partial charge in [0.15, 0.2) is 16.8 Å². The van der Waals surface area contributed by atoms with E-state index in [2.05, 4.69) is 6.92 Å². The number of halogens is 2. The molecule has 0 saturated carbocycles. The van der Waals surface area contributed by atoms with Crippen LogP contribution in [0.5, 0.6) is 0 Å².